The molecule has 4 heterocycles. The van der Waals surface area contributed by atoms with Crippen molar-refractivity contribution in [2.75, 3.05) is 36.9 Å². The van der Waals surface area contributed by atoms with Crippen LogP contribution in [-0.4, -0.2) is 53.1 Å². The van der Waals surface area contributed by atoms with Gasteiger partial charge in [-0.1, -0.05) is 11.6 Å². The standard InChI is InChI=1S/C21H21ClFN5O3/c1-11-18-12(6-13(22)7-14(18)23)2-3-28(11)20(29)17-10-27(4-5-30-17)16-9-25-8-15-19(16)31-21(24)26-15/h6-9,11,17H,2-5,10H2,1H3,(H2,24,26)/t11-,17+/m0/s1. The summed E-state index contributed by atoms with van der Waals surface area (Å²) in [6.07, 6.45) is 3.09. The molecular weight excluding hydrogens is 425 g/mol. The van der Waals surface area contributed by atoms with Crippen LogP contribution in [0.3, 0.4) is 0 Å². The van der Waals surface area contributed by atoms with E-state index in [0.29, 0.717) is 60.0 Å². The summed E-state index contributed by atoms with van der Waals surface area (Å²) in [7, 11) is 0. The summed E-state index contributed by atoms with van der Waals surface area (Å²) in [4.78, 5) is 25.3. The van der Waals surface area contributed by atoms with Gasteiger partial charge in [0.2, 0.25) is 0 Å². The van der Waals surface area contributed by atoms with Crippen molar-refractivity contribution in [3.63, 3.8) is 0 Å². The van der Waals surface area contributed by atoms with Crippen LogP contribution in [0.5, 0.6) is 0 Å². The van der Waals surface area contributed by atoms with Crippen LogP contribution in [0.4, 0.5) is 16.1 Å². The van der Waals surface area contributed by atoms with Crippen LogP contribution in [-0.2, 0) is 16.0 Å². The molecule has 2 aliphatic heterocycles. The van der Waals surface area contributed by atoms with Crippen molar-refractivity contribution in [2.24, 2.45) is 0 Å². The van der Waals surface area contributed by atoms with Crippen molar-refractivity contribution < 1.29 is 18.3 Å². The van der Waals surface area contributed by atoms with Crippen molar-refractivity contribution in [1.29, 1.82) is 0 Å². The molecule has 31 heavy (non-hydrogen) atoms. The second-order valence-electron chi connectivity index (χ2n) is 7.78. The average Bonchev–Trinajstić information content (AvgIpc) is 3.13. The summed E-state index contributed by atoms with van der Waals surface area (Å²) >= 11 is 6.00. The molecule has 8 nitrogen and oxygen atoms in total. The van der Waals surface area contributed by atoms with E-state index < -0.39 is 12.1 Å². The minimum Gasteiger partial charge on any atom is -0.421 e. The summed E-state index contributed by atoms with van der Waals surface area (Å²) in [5.41, 5.74) is 8.84. The molecule has 2 atom stereocenters. The summed E-state index contributed by atoms with van der Waals surface area (Å²) < 4.78 is 25.9. The Kier molecular flexibility index (Phi) is 4.94. The molecule has 0 aliphatic carbocycles. The monoisotopic (exact) mass is 445 g/mol. The molecular formula is C21H21ClFN5O3. The molecule has 0 saturated carbocycles. The molecule has 0 radical (unpaired) electrons. The Balaban J connectivity index is 1.38. The Morgan fingerprint density at radius 3 is 3.00 bits per heavy atom. The maximum Gasteiger partial charge on any atom is 0.293 e. The van der Waals surface area contributed by atoms with Gasteiger partial charge in [0.25, 0.3) is 11.9 Å². The Morgan fingerprint density at radius 2 is 2.16 bits per heavy atom. The lowest BCUT2D eigenvalue weighted by atomic mass is 9.92. The predicted molar refractivity (Wildman–Crippen MR) is 113 cm³/mol. The van der Waals surface area contributed by atoms with Gasteiger partial charge < -0.3 is 24.7 Å². The predicted octanol–water partition coefficient (Wildman–Crippen LogP) is 2.95. The molecule has 1 aromatic carbocycles. The number of amides is 1. The van der Waals surface area contributed by atoms with Crippen molar-refractivity contribution in [1.82, 2.24) is 14.9 Å². The van der Waals surface area contributed by atoms with E-state index >= 15 is 0 Å². The van der Waals surface area contributed by atoms with Crippen LogP contribution in [0, 0.1) is 5.82 Å². The summed E-state index contributed by atoms with van der Waals surface area (Å²) in [5.74, 6) is -0.561. The first-order chi connectivity index (χ1) is 14.9. The highest BCUT2D eigenvalue weighted by Crippen LogP contribution is 2.35. The van der Waals surface area contributed by atoms with E-state index in [1.165, 1.54) is 6.07 Å². The first kappa shape index (κ1) is 20.0. The lowest BCUT2D eigenvalue weighted by Crippen LogP contribution is -2.53. The fourth-order valence-corrected chi connectivity index (χ4v) is 4.72. The fourth-order valence-electron chi connectivity index (χ4n) is 4.49. The maximum absolute atomic E-state index is 14.6. The van der Waals surface area contributed by atoms with E-state index in [1.807, 2.05) is 11.8 Å². The van der Waals surface area contributed by atoms with Crippen molar-refractivity contribution >= 4 is 40.3 Å². The van der Waals surface area contributed by atoms with Crippen LogP contribution >= 0.6 is 11.6 Å². The van der Waals surface area contributed by atoms with E-state index in [1.54, 1.807) is 23.4 Å². The van der Waals surface area contributed by atoms with Crippen LogP contribution < -0.4 is 10.6 Å². The van der Waals surface area contributed by atoms with Crippen molar-refractivity contribution in [2.45, 2.75) is 25.5 Å². The molecule has 3 aromatic rings. The quantitative estimate of drug-likeness (QED) is 0.647. The van der Waals surface area contributed by atoms with Gasteiger partial charge in [0, 0.05) is 23.7 Å². The van der Waals surface area contributed by atoms with Gasteiger partial charge in [-0.25, -0.2) is 4.39 Å². The zero-order valence-corrected chi connectivity index (χ0v) is 17.6. The van der Waals surface area contributed by atoms with Gasteiger partial charge in [0.15, 0.2) is 11.7 Å². The topological polar surface area (TPSA) is 97.7 Å². The molecule has 0 bridgehead atoms. The molecule has 10 heteroatoms. The number of morpholine rings is 1. The van der Waals surface area contributed by atoms with Gasteiger partial charge in [0.1, 0.15) is 17.0 Å². The number of aromatic nitrogens is 2. The van der Waals surface area contributed by atoms with Crippen LogP contribution in [0.2, 0.25) is 5.02 Å². The number of hydrogen-bond donors (Lipinski definition) is 1. The number of carbonyl (C=O) groups excluding carboxylic acids is 1. The number of nitrogens with two attached hydrogens (primary N) is 1. The summed E-state index contributed by atoms with van der Waals surface area (Å²) in [6.45, 7) is 3.55. The van der Waals surface area contributed by atoms with E-state index in [4.69, 9.17) is 26.5 Å². The van der Waals surface area contributed by atoms with Crippen LogP contribution in [0.1, 0.15) is 24.1 Å². The Labute approximate surface area is 182 Å². The number of benzene rings is 1. The zero-order valence-electron chi connectivity index (χ0n) is 16.8. The summed E-state index contributed by atoms with van der Waals surface area (Å²) in [6, 6.07) is 2.72. The SMILES string of the molecule is C[C@H]1c2c(F)cc(Cl)cc2CCN1C(=O)[C@H]1CN(c2cncc3nc(N)oc23)CCO1. The van der Waals surface area contributed by atoms with Gasteiger partial charge in [-0.05, 0) is 31.0 Å². The maximum atomic E-state index is 14.6. The number of ether oxygens (including phenoxy) is 1. The number of nitrogen functional groups attached to an aromatic ring is 1. The van der Waals surface area contributed by atoms with E-state index in [0.717, 1.165) is 5.56 Å². The number of hydrogen-bond acceptors (Lipinski definition) is 7. The van der Waals surface area contributed by atoms with Gasteiger partial charge in [0.05, 0.1) is 31.6 Å². The first-order valence-electron chi connectivity index (χ1n) is 10.1. The highest BCUT2D eigenvalue weighted by atomic mass is 35.5. The number of fused-ring (bicyclic) bond motifs is 2. The van der Waals surface area contributed by atoms with Gasteiger partial charge in [-0.3, -0.25) is 9.78 Å². The molecule has 2 aliphatic rings. The van der Waals surface area contributed by atoms with Gasteiger partial charge in [-0.2, -0.15) is 4.98 Å². The highest BCUT2D eigenvalue weighted by molar-refractivity contribution is 6.30. The van der Waals surface area contributed by atoms with Crippen molar-refractivity contribution in [3.8, 4) is 0 Å². The number of oxazole rings is 1. The lowest BCUT2D eigenvalue weighted by Gasteiger charge is -2.40. The molecule has 2 aromatic heterocycles. The Bertz CT molecular complexity index is 1170. The number of pyridine rings is 1. The fraction of sp³-hybridized carbons (Fsp3) is 0.381. The van der Waals surface area contributed by atoms with E-state index in [-0.39, 0.29) is 17.7 Å². The molecule has 162 valence electrons. The van der Waals surface area contributed by atoms with E-state index in [9.17, 15) is 9.18 Å². The molecule has 0 unspecified atom stereocenters. The summed E-state index contributed by atoms with van der Waals surface area (Å²) in [5, 5.41) is 0.366. The largest absolute Gasteiger partial charge is 0.421 e. The normalized spacial score (nSPS) is 21.4. The van der Waals surface area contributed by atoms with E-state index in [2.05, 4.69) is 9.97 Å². The minimum absolute atomic E-state index is 0.0630. The number of halogens is 2. The van der Waals surface area contributed by atoms with Gasteiger partial charge in [-0.15, -0.1) is 0 Å². The highest BCUT2D eigenvalue weighted by Gasteiger charge is 2.37. The zero-order chi connectivity index (χ0) is 21.7. The number of rotatable bonds is 2. The Hall–Kier alpha value is -2.91. The lowest BCUT2D eigenvalue weighted by molar-refractivity contribution is -0.147. The second-order valence-corrected chi connectivity index (χ2v) is 8.22. The van der Waals surface area contributed by atoms with Gasteiger partial charge >= 0.3 is 0 Å². The minimum atomic E-state index is -0.691. The third-order valence-electron chi connectivity index (χ3n) is 5.95. The third kappa shape index (κ3) is 3.47. The third-order valence-corrected chi connectivity index (χ3v) is 6.17. The molecule has 1 amide bonds. The molecule has 1 saturated heterocycles. The number of nitrogens with zero attached hydrogens (tertiary/aromatic N) is 4. The smallest absolute Gasteiger partial charge is 0.293 e. The number of carbonyl (C=O) groups is 1. The first-order valence-corrected chi connectivity index (χ1v) is 10.4. The van der Waals surface area contributed by atoms with Crippen LogP contribution in [0.15, 0.2) is 28.9 Å². The van der Waals surface area contributed by atoms with Crippen molar-refractivity contribution in [3.05, 3.63) is 46.5 Å². The molecule has 0 spiro atoms. The average molecular weight is 446 g/mol. The molecule has 1 fully saturated rings. The van der Waals surface area contributed by atoms with Crippen LogP contribution in [0.25, 0.3) is 11.1 Å². The molecule has 2 N–H and O–H groups in total. The number of anilines is 2. The Morgan fingerprint density at radius 1 is 1.32 bits per heavy atom. The second kappa shape index (κ2) is 7.65. The molecule has 5 rings (SSSR count).